The maximum atomic E-state index is 12.1. The van der Waals surface area contributed by atoms with Crippen LogP contribution >= 0.6 is 7.82 Å². The van der Waals surface area contributed by atoms with Gasteiger partial charge in [-0.05, 0) is 19.1 Å². The first-order valence-electron chi connectivity index (χ1n) is 9.99. The van der Waals surface area contributed by atoms with Gasteiger partial charge in [-0.25, -0.2) is 14.3 Å². The van der Waals surface area contributed by atoms with Gasteiger partial charge in [0.1, 0.15) is 15.4 Å². The fourth-order valence-electron chi connectivity index (χ4n) is 3.37. The lowest BCUT2D eigenvalue weighted by molar-refractivity contribution is -0.384. The quantitative estimate of drug-likeness (QED) is 0.0655. The first-order chi connectivity index (χ1) is 18.2. The number of carbonyl (C=O) groups is 1. The monoisotopic (exact) mass is 622 g/mol. The van der Waals surface area contributed by atoms with Crippen LogP contribution in [0.3, 0.4) is 0 Å². The van der Waals surface area contributed by atoms with E-state index in [0.717, 1.165) is 13.0 Å². The summed E-state index contributed by atoms with van der Waals surface area (Å²) in [6, 6.07) is 2.40. The van der Waals surface area contributed by atoms with Gasteiger partial charge in [-0.1, -0.05) is 0 Å². The Labute approximate surface area is 222 Å². The van der Waals surface area contributed by atoms with Crippen LogP contribution in [0.4, 0.5) is 17.2 Å². The molecule has 0 bridgehead atoms. The summed E-state index contributed by atoms with van der Waals surface area (Å²) in [6.45, 7) is -0.0299. The number of non-ortho nitro benzene ring substituents is 1. The van der Waals surface area contributed by atoms with Gasteiger partial charge in [0.2, 0.25) is 0 Å². The highest BCUT2D eigenvalue weighted by Crippen LogP contribution is 2.41. The van der Waals surface area contributed by atoms with Crippen LogP contribution in [0.1, 0.15) is 21.6 Å². The Morgan fingerprint density at radius 2 is 1.60 bits per heavy atom. The van der Waals surface area contributed by atoms with Crippen molar-refractivity contribution in [3.05, 3.63) is 51.2 Å². The summed E-state index contributed by atoms with van der Waals surface area (Å²) in [6.07, 6.45) is 0. The van der Waals surface area contributed by atoms with Gasteiger partial charge >= 0.3 is 13.8 Å². The molecular weight excluding hydrogens is 607 g/mol. The second-order valence-electron chi connectivity index (χ2n) is 7.68. The molecular formula is C18H15N4O15PS2. The lowest BCUT2D eigenvalue weighted by atomic mass is 10.1. The lowest BCUT2D eigenvalue weighted by Gasteiger charge is -2.13. The maximum absolute atomic E-state index is 12.1. The highest BCUT2D eigenvalue weighted by Gasteiger charge is 2.27. The molecule has 0 aliphatic carbocycles. The van der Waals surface area contributed by atoms with Gasteiger partial charge in [0.25, 0.3) is 25.9 Å². The highest BCUT2D eigenvalue weighted by atomic mass is 32.2. The smallest absolute Gasteiger partial charge is 0.469 e. The van der Waals surface area contributed by atoms with Crippen molar-refractivity contribution in [2.75, 3.05) is 0 Å². The van der Waals surface area contributed by atoms with Crippen LogP contribution in [-0.4, -0.2) is 61.8 Å². The maximum Gasteiger partial charge on any atom is 0.469 e. The van der Waals surface area contributed by atoms with Crippen molar-refractivity contribution in [3.63, 3.8) is 0 Å². The zero-order valence-electron chi connectivity index (χ0n) is 19.4. The number of phosphoric acid groups is 1. The van der Waals surface area contributed by atoms with E-state index in [1.165, 1.54) is 0 Å². The van der Waals surface area contributed by atoms with Crippen LogP contribution in [0.5, 0.6) is 5.75 Å². The van der Waals surface area contributed by atoms with E-state index in [0.29, 0.717) is 18.2 Å². The second-order valence-corrected chi connectivity index (χ2v) is 11.7. The Balaban J connectivity index is 2.36. The number of fused-ring (bicyclic) bond motifs is 1. The Morgan fingerprint density at radius 1 is 1.05 bits per heavy atom. The summed E-state index contributed by atoms with van der Waals surface area (Å²) in [5.41, 5.74) is -3.51. The fraction of sp³-hybridized carbons (Fsp3) is 0.111. The predicted octanol–water partition coefficient (Wildman–Crippen LogP) is 2.37. The molecule has 0 fully saturated rings. The van der Waals surface area contributed by atoms with Crippen molar-refractivity contribution in [1.82, 2.24) is 4.98 Å². The molecule has 2 aromatic carbocycles. The first kappa shape index (κ1) is 30.6. The summed E-state index contributed by atoms with van der Waals surface area (Å²) in [7, 11) is -15.7. The number of hydrogen-bond acceptors (Lipinski definition) is 13. The fourth-order valence-corrected chi connectivity index (χ4v) is 5.11. The number of aromatic carboxylic acids is 1. The van der Waals surface area contributed by atoms with E-state index >= 15 is 0 Å². The SMILES string of the molecule is Cc1nc(N=Nc2cc(S(=O)(=O)O)c3cc([N+](=O)[O-])cc(S(=O)(=O)O)c3c2)c(COP(=O)(O)O)c(C(=O)O)c1O. The number of carboxylic acids is 1. The molecule has 0 aliphatic heterocycles. The molecule has 214 valence electrons. The Bertz CT molecular complexity index is 1890. The van der Waals surface area contributed by atoms with E-state index < -0.39 is 100 Å². The third-order valence-electron chi connectivity index (χ3n) is 5.01. The number of aromatic hydroxyl groups is 1. The van der Waals surface area contributed by atoms with Crippen molar-refractivity contribution < 1.29 is 64.7 Å². The summed E-state index contributed by atoms with van der Waals surface area (Å²) in [4.78, 5) is 41.4. The molecule has 0 radical (unpaired) electrons. The molecule has 0 amide bonds. The number of aromatic nitrogens is 1. The van der Waals surface area contributed by atoms with Gasteiger partial charge in [0, 0.05) is 28.5 Å². The van der Waals surface area contributed by atoms with E-state index in [1.54, 1.807) is 0 Å². The predicted molar refractivity (Wildman–Crippen MR) is 129 cm³/mol. The molecule has 0 saturated carbocycles. The average molecular weight is 622 g/mol. The molecule has 6 N–H and O–H groups in total. The third kappa shape index (κ3) is 6.60. The molecule has 0 aliphatic rings. The highest BCUT2D eigenvalue weighted by molar-refractivity contribution is 7.86. The number of phosphoric ester groups is 1. The zero-order chi connectivity index (χ0) is 30.4. The summed E-state index contributed by atoms with van der Waals surface area (Å²) < 4.78 is 82.7. The molecule has 40 heavy (non-hydrogen) atoms. The van der Waals surface area contributed by atoms with Crippen LogP contribution in [-0.2, 0) is 35.9 Å². The minimum absolute atomic E-state index is 0.343. The van der Waals surface area contributed by atoms with E-state index in [2.05, 4.69) is 19.7 Å². The van der Waals surface area contributed by atoms with E-state index in [1.807, 2.05) is 0 Å². The van der Waals surface area contributed by atoms with Crippen molar-refractivity contribution in [3.8, 4) is 5.75 Å². The molecule has 0 saturated heterocycles. The van der Waals surface area contributed by atoms with Crippen LogP contribution in [0, 0.1) is 17.0 Å². The van der Waals surface area contributed by atoms with Crippen molar-refractivity contribution >= 4 is 62.0 Å². The van der Waals surface area contributed by atoms with Gasteiger partial charge in [0.15, 0.2) is 11.6 Å². The van der Waals surface area contributed by atoms with Gasteiger partial charge < -0.3 is 20.0 Å². The Morgan fingerprint density at radius 3 is 2.10 bits per heavy atom. The molecule has 0 spiro atoms. The van der Waals surface area contributed by atoms with E-state index in [4.69, 9.17) is 9.79 Å². The third-order valence-corrected chi connectivity index (χ3v) is 7.26. The Kier molecular flexibility index (Phi) is 8.07. The standard InChI is InChI=1S/C18H15N4O15PS2/c1-7-16(23)15(18(24)25)12(6-37-38(28,29)30)17(19-7)21-20-8-2-10-11(13(3-8)39(31,32)33)4-9(22(26)27)5-14(10)40(34,35)36/h2-5,23H,6H2,1H3,(H,24,25)(H2,28,29,30)(H,31,32,33)(H,34,35,36). The van der Waals surface area contributed by atoms with Crippen molar-refractivity contribution in [1.29, 1.82) is 0 Å². The lowest BCUT2D eigenvalue weighted by Crippen LogP contribution is -2.07. The Hall–Kier alpha value is -3.95. The number of carboxylic acid groups (broad SMARTS) is 1. The van der Waals surface area contributed by atoms with Crippen molar-refractivity contribution in [2.24, 2.45) is 10.2 Å². The van der Waals surface area contributed by atoms with Gasteiger partial charge in [-0.3, -0.25) is 23.7 Å². The molecule has 0 unspecified atom stereocenters. The number of nitrogens with zero attached hydrogens (tertiary/aromatic N) is 4. The molecule has 1 heterocycles. The topological polar surface area (TPSA) is 314 Å². The van der Waals surface area contributed by atoms with Crippen LogP contribution in [0.25, 0.3) is 10.8 Å². The molecule has 22 heteroatoms. The van der Waals surface area contributed by atoms with Gasteiger partial charge in [-0.2, -0.15) is 16.8 Å². The largest absolute Gasteiger partial charge is 0.505 e. The number of azo groups is 1. The minimum Gasteiger partial charge on any atom is -0.505 e. The second kappa shape index (κ2) is 10.6. The van der Waals surface area contributed by atoms with Crippen LogP contribution in [0.2, 0.25) is 0 Å². The van der Waals surface area contributed by atoms with Gasteiger partial charge in [-0.15, -0.1) is 10.2 Å². The van der Waals surface area contributed by atoms with E-state index in [9.17, 15) is 55.6 Å². The number of hydrogen-bond donors (Lipinski definition) is 6. The zero-order valence-corrected chi connectivity index (χ0v) is 22.0. The molecule has 19 nitrogen and oxygen atoms in total. The number of pyridine rings is 1. The van der Waals surface area contributed by atoms with Crippen LogP contribution in [0.15, 0.2) is 44.3 Å². The van der Waals surface area contributed by atoms with Gasteiger partial charge in [0.05, 0.1) is 22.9 Å². The first-order valence-corrected chi connectivity index (χ1v) is 14.4. The number of nitro groups is 1. The summed E-state index contributed by atoms with van der Waals surface area (Å²) >= 11 is 0. The molecule has 3 aromatic rings. The minimum atomic E-state index is -5.24. The number of rotatable bonds is 9. The number of aryl methyl sites for hydroxylation is 1. The average Bonchev–Trinajstić information content (AvgIpc) is 2.80. The molecule has 0 atom stereocenters. The molecule has 3 rings (SSSR count). The van der Waals surface area contributed by atoms with Crippen LogP contribution < -0.4 is 0 Å². The number of benzene rings is 2. The van der Waals surface area contributed by atoms with E-state index in [-0.39, 0.29) is 5.69 Å². The summed E-state index contributed by atoms with van der Waals surface area (Å²) in [5, 5.41) is 36.7. The summed E-state index contributed by atoms with van der Waals surface area (Å²) in [5.74, 6) is -3.40. The van der Waals surface area contributed by atoms with Crippen molar-refractivity contribution in [2.45, 2.75) is 23.3 Å². The normalized spacial score (nSPS) is 12.7. The molecule has 1 aromatic heterocycles. The number of nitro benzene ring substituents is 1.